The van der Waals surface area contributed by atoms with Gasteiger partial charge >= 0.3 is 0 Å². The van der Waals surface area contributed by atoms with Crippen LogP contribution >= 0.6 is 0 Å². The smallest absolute Gasteiger partial charge is 0.163 e. The molecule has 5 aromatic rings. The number of rotatable bonds is 7. The van der Waals surface area contributed by atoms with Gasteiger partial charge in [0.25, 0.3) is 0 Å². The molecule has 1 atom stereocenters. The number of para-hydroxylation sites is 1. The van der Waals surface area contributed by atoms with Gasteiger partial charge in [-0.05, 0) is 54.7 Å². The van der Waals surface area contributed by atoms with E-state index in [1.807, 2.05) is 31.2 Å². The van der Waals surface area contributed by atoms with E-state index in [0.717, 1.165) is 57.6 Å². The normalized spacial score (nSPS) is 15.3. The molecule has 4 heteroatoms. The Labute approximate surface area is 228 Å². The van der Waals surface area contributed by atoms with Crippen LogP contribution in [-0.4, -0.2) is 15.0 Å². The van der Waals surface area contributed by atoms with Crippen molar-refractivity contribution in [1.29, 1.82) is 0 Å². The van der Waals surface area contributed by atoms with Gasteiger partial charge in [-0.15, -0.1) is 0 Å². The van der Waals surface area contributed by atoms with E-state index in [-0.39, 0.29) is 5.92 Å². The van der Waals surface area contributed by atoms with E-state index >= 15 is 0 Å². The number of allylic oxidation sites excluding steroid dienone is 9. The number of aryl methyl sites for hydroxylation is 1. The van der Waals surface area contributed by atoms with Crippen molar-refractivity contribution < 1.29 is 4.42 Å². The molecule has 1 unspecified atom stereocenters. The van der Waals surface area contributed by atoms with Gasteiger partial charge in [-0.3, -0.25) is 0 Å². The Morgan fingerprint density at radius 1 is 0.897 bits per heavy atom. The topological polar surface area (TPSA) is 51.8 Å². The molecule has 190 valence electrons. The van der Waals surface area contributed by atoms with Crippen molar-refractivity contribution >= 4 is 21.9 Å². The zero-order valence-corrected chi connectivity index (χ0v) is 21.9. The lowest BCUT2D eigenvalue weighted by Gasteiger charge is -2.14. The van der Waals surface area contributed by atoms with Gasteiger partial charge in [0.15, 0.2) is 5.82 Å². The summed E-state index contributed by atoms with van der Waals surface area (Å²) in [4.78, 5) is 14.3. The molecule has 2 aromatic heterocycles. The summed E-state index contributed by atoms with van der Waals surface area (Å²) in [5.41, 5.74) is 6.24. The zero-order valence-electron chi connectivity index (χ0n) is 21.9. The molecule has 1 aliphatic rings. The Kier molecular flexibility index (Phi) is 6.84. The number of hydrogen-bond acceptors (Lipinski definition) is 4. The second-order valence-corrected chi connectivity index (χ2v) is 9.62. The minimum Gasteiger partial charge on any atom is -0.456 e. The van der Waals surface area contributed by atoms with E-state index in [1.54, 1.807) is 6.08 Å². The van der Waals surface area contributed by atoms with Crippen molar-refractivity contribution in [2.75, 3.05) is 0 Å². The molecule has 0 fully saturated rings. The third-order valence-corrected chi connectivity index (χ3v) is 6.95. The SMILES string of the molecule is C=C/C=C\C=C/Cc1ccc2oc3ccccc3c2c1-c1cccc(-c2nc(C)nc(C3C=CC=CC3)n2)c1. The second kappa shape index (κ2) is 10.9. The van der Waals surface area contributed by atoms with Crippen LogP contribution in [0.3, 0.4) is 0 Å². The van der Waals surface area contributed by atoms with Gasteiger partial charge in [-0.25, -0.2) is 15.0 Å². The number of aromatic nitrogens is 3. The molecule has 0 bridgehead atoms. The van der Waals surface area contributed by atoms with Gasteiger partial charge in [0, 0.05) is 22.3 Å². The Morgan fingerprint density at radius 2 is 1.79 bits per heavy atom. The number of fused-ring (bicyclic) bond motifs is 3. The molecule has 1 aliphatic carbocycles. The molecule has 39 heavy (non-hydrogen) atoms. The van der Waals surface area contributed by atoms with E-state index < -0.39 is 0 Å². The number of furan rings is 1. The van der Waals surface area contributed by atoms with Crippen LogP contribution < -0.4 is 0 Å². The van der Waals surface area contributed by atoms with Gasteiger partial charge in [0.1, 0.15) is 22.8 Å². The minimum absolute atomic E-state index is 0.165. The molecule has 0 N–H and O–H groups in total. The van der Waals surface area contributed by atoms with Crippen LogP contribution in [0.2, 0.25) is 0 Å². The van der Waals surface area contributed by atoms with Gasteiger partial charge in [-0.2, -0.15) is 0 Å². The standard InChI is InChI=1S/C35H29N3O/c1-3-4-5-6-8-14-25-21-22-31-33(29-19-11-12-20-30(29)39-31)32(25)27-17-13-18-28(23-27)35-37-24(2)36-34(38-35)26-15-9-7-10-16-26/h3-13,15,17-23,26H,1,14,16H2,2H3/b5-4-,8-6-. The quantitative estimate of drug-likeness (QED) is 0.206. The molecule has 0 aliphatic heterocycles. The molecule has 3 aromatic carbocycles. The van der Waals surface area contributed by atoms with Crippen LogP contribution in [0.4, 0.5) is 0 Å². The molecule has 4 nitrogen and oxygen atoms in total. The van der Waals surface area contributed by atoms with Crippen LogP contribution in [0.5, 0.6) is 0 Å². The summed E-state index contributed by atoms with van der Waals surface area (Å²) in [6.07, 6.45) is 20.1. The van der Waals surface area contributed by atoms with Gasteiger partial charge in [0.05, 0.1) is 0 Å². The van der Waals surface area contributed by atoms with Gasteiger partial charge < -0.3 is 4.42 Å². The summed E-state index contributed by atoms with van der Waals surface area (Å²) < 4.78 is 6.26. The summed E-state index contributed by atoms with van der Waals surface area (Å²) in [6.45, 7) is 5.68. The lowest BCUT2D eigenvalue weighted by atomic mass is 9.91. The van der Waals surface area contributed by atoms with E-state index in [0.29, 0.717) is 5.82 Å². The molecule has 2 heterocycles. The molecule has 0 saturated heterocycles. The highest BCUT2D eigenvalue weighted by Crippen LogP contribution is 2.40. The summed E-state index contributed by atoms with van der Waals surface area (Å²) in [6, 6.07) is 21.0. The molecule has 0 amide bonds. The second-order valence-electron chi connectivity index (χ2n) is 9.62. The predicted octanol–water partition coefficient (Wildman–Crippen LogP) is 8.85. The van der Waals surface area contributed by atoms with Crippen molar-refractivity contribution in [3.63, 3.8) is 0 Å². The van der Waals surface area contributed by atoms with Gasteiger partial charge in [-0.1, -0.05) is 104 Å². The lowest BCUT2D eigenvalue weighted by Crippen LogP contribution is -2.07. The average Bonchev–Trinajstić information content (AvgIpc) is 3.36. The lowest BCUT2D eigenvalue weighted by molar-refractivity contribution is 0.669. The first-order valence-electron chi connectivity index (χ1n) is 13.3. The van der Waals surface area contributed by atoms with Crippen LogP contribution in [-0.2, 0) is 6.42 Å². The first kappa shape index (κ1) is 24.5. The Hall–Kier alpha value is -4.83. The summed E-state index contributed by atoms with van der Waals surface area (Å²) in [7, 11) is 0. The fourth-order valence-corrected chi connectivity index (χ4v) is 5.16. The van der Waals surface area contributed by atoms with Crippen LogP contribution in [0.15, 0.2) is 126 Å². The van der Waals surface area contributed by atoms with Crippen molar-refractivity contribution in [2.24, 2.45) is 0 Å². The third kappa shape index (κ3) is 5.01. The van der Waals surface area contributed by atoms with Crippen LogP contribution in [0, 0.1) is 6.92 Å². The van der Waals surface area contributed by atoms with E-state index in [2.05, 4.69) is 96.5 Å². The fraction of sp³-hybridized carbons (Fsp3) is 0.114. The van der Waals surface area contributed by atoms with Crippen molar-refractivity contribution in [3.8, 4) is 22.5 Å². The molecular weight excluding hydrogens is 478 g/mol. The predicted molar refractivity (Wildman–Crippen MR) is 161 cm³/mol. The summed E-state index contributed by atoms with van der Waals surface area (Å²) in [5.74, 6) is 2.40. The fourth-order valence-electron chi connectivity index (χ4n) is 5.16. The minimum atomic E-state index is 0.165. The van der Waals surface area contributed by atoms with Crippen molar-refractivity contribution in [2.45, 2.75) is 25.7 Å². The average molecular weight is 508 g/mol. The van der Waals surface area contributed by atoms with Crippen molar-refractivity contribution in [3.05, 3.63) is 139 Å². The molecule has 6 rings (SSSR count). The van der Waals surface area contributed by atoms with E-state index in [1.165, 1.54) is 11.1 Å². The van der Waals surface area contributed by atoms with Gasteiger partial charge in [0.2, 0.25) is 0 Å². The van der Waals surface area contributed by atoms with Crippen LogP contribution in [0.25, 0.3) is 44.5 Å². The maximum atomic E-state index is 6.26. The summed E-state index contributed by atoms with van der Waals surface area (Å²) in [5, 5.41) is 2.24. The number of hydrogen-bond donors (Lipinski definition) is 0. The molecule has 0 radical (unpaired) electrons. The van der Waals surface area contributed by atoms with Crippen LogP contribution in [0.1, 0.15) is 29.6 Å². The first-order valence-corrected chi connectivity index (χ1v) is 13.3. The molecule has 0 saturated carbocycles. The molecule has 0 spiro atoms. The third-order valence-electron chi connectivity index (χ3n) is 6.95. The monoisotopic (exact) mass is 507 g/mol. The van der Waals surface area contributed by atoms with E-state index in [9.17, 15) is 0 Å². The Morgan fingerprint density at radius 3 is 2.67 bits per heavy atom. The first-order chi connectivity index (χ1) is 19.2. The highest BCUT2D eigenvalue weighted by Gasteiger charge is 2.18. The largest absolute Gasteiger partial charge is 0.456 e. The Bertz CT molecular complexity index is 1800. The number of nitrogens with zero attached hydrogens (tertiary/aromatic N) is 3. The van der Waals surface area contributed by atoms with E-state index in [4.69, 9.17) is 14.4 Å². The maximum absolute atomic E-state index is 6.26. The van der Waals surface area contributed by atoms with Crippen molar-refractivity contribution in [1.82, 2.24) is 15.0 Å². The Balaban J connectivity index is 1.50. The number of benzene rings is 3. The maximum Gasteiger partial charge on any atom is 0.163 e. The highest BCUT2D eigenvalue weighted by molar-refractivity contribution is 6.13. The molecular formula is C35H29N3O. The zero-order chi connectivity index (χ0) is 26.6. The summed E-state index contributed by atoms with van der Waals surface area (Å²) >= 11 is 0. The highest BCUT2D eigenvalue weighted by atomic mass is 16.3.